The molecule has 0 aromatic carbocycles. The van der Waals surface area contributed by atoms with Crippen LogP contribution in [0.5, 0.6) is 0 Å². The van der Waals surface area contributed by atoms with Crippen LogP contribution in [-0.4, -0.2) is 28.1 Å². The van der Waals surface area contributed by atoms with Gasteiger partial charge in [0.2, 0.25) is 0 Å². The molecule has 7 heavy (non-hydrogen) atoms. The molecule has 1 aliphatic heterocycles. The van der Waals surface area contributed by atoms with Crippen LogP contribution in [0.2, 0.25) is 0 Å². The van der Waals surface area contributed by atoms with Gasteiger partial charge in [-0.1, -0.05) is 0 Å². The van der Waals surface area contributed by atoms with Crippen LogP contribution in [0.3, 0.4) is 0 Å². The van der Waals surface area contributed by atoms with Gasteiger partial charge in [0.25, 0.3) is 0 Å². The van der Waals surface area contributed by atoms with Crippen LogP contribution in [-0.2, 0) is 4.74 Å². The topological polar surface area (TPSA) is 9.23 Å². The van der Waals surface area contributed by atoms with Crippen LogP contribution in [0.15, 0.2) is 0 Å². The van der Waals surface area contributed by atoms with Crippen molar-refractivity contribution in [2.24, 2.45) is 0 Å². The molecule has 0 radical (unpaired) electrons. The van der Waals surface area contributed by atoms with Crippen LogP contribution in [0, 0.1) is 0 Å². The third kappa shape index (κ3) is 1.82. The molecule has 0 spiro atoms. The van der Waals surface area contributed by atoms with E-state index < -0.39 is 0 Å². The SMILES string of the molecule is [GeH3][CH]1CCCCO1. The Balaban J connectivity index is 2.12. The molecular weight excluding hydrogens is 149 g/mol. The van der Waals surface area contributed by atoms with Crippen LogP contribution in [0.4, 0.5) is 0 Å². The van der Waals surface area contributed by atoms with Crippen LogP contribution in [0.25, 0.3) is 0 Å². The van der Waals surface area contributed by atoms with E-state index >= 15 is 0 Å². The van der Waals surface area contributed by atoms with Gasteiger partial charge in [0.1, 0.15) is 0 Å². The molecular formula is C5H12GeO. The summed E-state index contributed by atoms with van der Waals surface area (Å²) in [6, 6.07) is 0. The van der Waals surface area contributed by atoms with Crippen molar-refractivity contribution >= 4 is 16.5 Å². The summed E-state index contributed by atoms with van der Waals surface area (Å²) in [5.41, 5.74) is 0. The fraction of sp³-hybridized carbons (Fsp3) is 1.00. The second-order valence-corrected chi connectivity index (χ2v) is 4.88. The van der Waals surface area contributed by atoms with E-state index in [1.807, 2.05) is 0 Å². The zero-order valence-electron chi connectivity index (χ0n) is 4.81. The fourth-order valence-electron chi connectivity index (χ4n) is 0.902. The first-order valence-electron chi connectivity index (χ1n) is 3.01. The third-order valence-electron chi connectivity index (χ3n) is 1.41. The monoisotopic (exact) mass is 162 g/mol. The number of hydrogen-bond acceptors (Lipinski definition) is 1. The van der Waals surface area contributed by atoms with Crippen molar-refractivity contribution in [2.45, 2.75) is 24.2 Å². The molecule has 1 rings (SSSR count). The average Bonchev–Trinajstić information content (AvgIpc) is 1.69. The Kier molecular flexibility index (Phi) is 2.19. The van der Waals surface area contributed by atoms with Crippen molar-refractivity contribution in [3.05, 3.63) is 0 Å². The second-order valence-electron chi connectivity index (χ2n) is 2.18. The Morgan fingerprint density at radius 2 is 2.29 bits per heavy atom. The van der Waals surface area contributed by atoms with Gasteiger partial charge in [0.05, 0.1) is 0 Å². The molecule has 2 heteroatoms. The van der Waals surface area contributed by atoms with Crippen molar-refractivity contribution in [3.63, 3.8) is 0 Å². The molecule has 0 amide bonds. The molecule has 1 unspecified atom stereocenters. The summed E-state index contributed by atoms with van der Waals surface area (Å²) < 4.78 is 5.36. The van der Waals surface area contributed by atoms with E-state index in [9.17, 15) is 0 Å². The van der Waals surface area contributed by atoms with Gasteiger partial charge in [0, 0.05) is 0 Å². The van der Waals surface area contributed by atoms with E-state index in [4.69, 9.17) is 4.74 Å². The van der Waals surface area contributed by atoms with Crippen molar-refractivity contribution in [1.82, 2.24) is 0 Å². The molecule has 0 aromatic rings. The second kappa shape index (κ2) is 2.72. The minimum absolute atomic E-state index is 0.723. The summed E-state index contributed by atoms with van der Waals surface area (Å²) in [6.45, 7) is 1.03. The van der Waals surface area contributed by atoms with Gasteiger partial charge in [0.15, 0.2) is 0 Å². The third-order valence-corrected chi connectivity index (χ3v) is 3.32. The van der Waals surface area contributed by atoms with E-state index in [0.717, 1.165) is 28.1 Å². The van der Waals surface area contributed by atoms with E-state index in [0.29, 0.717) is 0 Å². The molecule has 42 valence electrons. The van der Waals surface area contributed by atoms with E-state index in [1.54, 1.807) is 0 Å². The predicted molar refractivity (Wildman–Crippen MR) is 33.5 cm³/mol. The van der Waals surface area contributed by atoms with Gasteiger partial charge in [-0.2, -0.15) is 0 Å². The van der Waals surface area contributed by atoms with Crippen LogP contribution >= 0.6 is 0 Å². The van der Waals surface area contributed by atoms with Crippen molar-refractivity contribution in [3.8, 4) is 0 Å². The summed E-state index contributed by atoms with van der Waals surface area (Å²) in [6.07, 6.45) is 4.05. The molecule has 1 heterocycles. The molecule has 0 saturated carbocycles. The predicted octanol–water partition coefficient (Wildman–Crippen LogP) is -0.122. The van der Waals surface area contributed by atoms with Crippen LogP contribution in [0.1, 0.15) is 19.3 Å². The molecule has 1 atom stereocenters. The first-order chi connectivity index (χ1) is 3.39. The molecule has 1 nitrogen and oxygen atoms in total. The summed E-state index contributed by atoms with van der Waals surface area (Å²) in [5.74, 6) is 0. The molecule has 1 aliphatic rings. The van der Waals surface area contributed by atoms with Gasteiger partial charge in [-0.25, -0.2) is 0 Å². The van der Waals surface area contributed by atoms with Gasteiger partial charge in [-0.3, -0.25) is 0 Å². The maximum absolute atomic E-state index is 5.36. The molecule has 1 saturated heterocycles. The van der Waals surface area contributed by atoms with Crippen molar-refractivity contribution < 1.29 is 4.74 Å². The fourth-order valence-corrected chi connectivity index (χ4v) is 2.25. The minimum atomic E-state index is 0.723. The summed E-state index contributed by atoms with van der Waals surface area (Å²) in [7, 11) is 0. The quantitative estimate of drug-likeness (QED) is 0.449. The Labute approximate surface area is 52.7 Å². The van der Waals surface area contributed by atoms with Crippen molar-refractivity contribution in [1.29, 1.82) is 0 Å². The van der Waals surface area contributed by atoms with Crippen LogP contribution < -0.4 is 0 Å². The van der Waals surface area contributed by atoms with Gasteiger partial charge < -0.3 is 0 Å². The van der Waals surface area contributed by atoms with E-state index in [2.05, 4.69) is 0 Å². The van der Waals surface area contributed by atoms with Gasteiger partial charge >= 0.3 is 52.1 Å². The van der Waals surface area contributed by atoms with Gasteiger partial charge in [-0.05, 0) is 0 Å². The Morgan fingerprint density at radius 1 is 1.43 bits per heavy atom. The summed E-state index contributed by atoms with van der Waals surface area (Å²) in [5, 5.41) is 0. The summed E-state index contributed by atoms with van der Waals surface area (Å²) in [4.78, 5) is 0.723. The number of ether oxygens (including phenoxy) is 1. The zero-order chi connectivity index (χ0) is 5.11. The Hall–Kier alpha value is 0.503. The molecule has 0 N–H and O–H groups in total. The first kappa shape index (κ1) is 5.64. The Bertz CT molecular complexity index is 50.0. The average molecular weight is 161 g/mol. The molecule has 0 bridgehead atoms. The number of hydrogen-bond donors (Lipinski definition) is 0. The maximum atomic E-state index is 5.36. The van der Waals surface area contributed by atoms with E-state index in [1.165, 1.54) is 19.3 Å². The number of rotatable bonds is 0. The summed E-state index contributed by atoms with van der Waals surface area (Å²) >= 11 is 0.910. The van der Waals surface area contributed by atoms with E-state index in [-0.39, 0.29) is 0 Å². The first-order valence-corrected chi connectivity index (χ1v) is 5.43. The zero-order valence-corrected chi connectivity index (χ0v) is 9.01. The normalized spacial score (nSPS) is 33.4. The molecule has 0 aromatic heterocycles. The molecule has 1 fully saturated rings. The Morgan fingerprint density at radius 3 is 2.57 bits per heavy atom. The standard InChI is InChI=1S/C5H12GeO/c6-5-3-1-2-4-7-5/h5H,1-4H2,6H3. The molecule has 0 aliphatic carbocycles. The van der Waals surface area contributed by atoms with Gasteiger partial charge in [-0.15, -0.1) is 0 Å². The van der Waals surface area contributed by atoms with Crippen molar-refractivity contribution in [2.75, 3.05) is 6.61 Å².